The summed E-state index contributed by atoms with van der Waals surface area (Å²) >= 11 is 0. The molecule has 0 nitrogen and oxygen atoms in total. The molecule has 0 radical (unpaired) electrons. The summed E-state index contributed by atoms with van der Waals surface area (Å²) in [6.07, 6.45) is 0. The van der Waals surface area contributed by atoms with Gasteiger partial charge in [0.15, 0.2) is 0 Å². The summed E-state index contributed by atoms with van der Waals surface area (Å²) in [5.41, 5.74) is 0. The molecule has 0 fully saturated rings. The van der Waals surface area contributed by atoms with Crippen molar-refractivity contribution in [3.63, 3.8) is 0 Å². The Hall–Kier alpha value is -0.937. The molecule has 0 N–H and O–H groups in total. The quantitative estimate of drug-likeness (QED) is 0.484. The fraction of sp³-hybridized carbons (Fsp3) is 0. The molecule has 0 atom stereocenters. The van der Waals surface area contributed by atoms with E-state index in [0.29, 0.717) is 0 Å². The Kier molecular flexibility index (Phi) is 13.4. The molecular weight excluding hydrogens is 222 g/mol. The molecule has 14 heavy (non-hydrogen) atoms. The summed E-state index contributed by atoms with van der Waals surface area (Å²) < 4.78 is 0. The second-order valence-corrected chi connectivity index (χ2v) is 2.15. The van der Waals surface area contributed by atoms with Crippen LogP contribution >= 0.6 is 0 Å². The van der Waals surface area contributed by atoms with E-state index in [1.807, 2.05) is 60.7 Å². The van der Waals surface area contributed by atoms with Crippen LogP contribution in [0.25, 0.3) is 0 Å². The van der Waals surface area contributed by atoms with Crippen LogP contribution in [-0.4, -0.2) is 0 Å². The van der Waals surface area contributed by atoms with Gasteiger partial charge in [-0.05, 0) is 0 Å². The van der Waals surface area contributed by atoms with Gasteiger partial charge < -0.3 is 7.43 Å². The molecule has 70 valence electrons. The number of hydrogen-bond acceptors (Lipinski definition) is 0. The van der Waals surface area contributed by atoms with Crippen molar-refractivity contribution in [1.29, 1.82) is 0 Å². The number of hydrogen-bond donors (Lipinski definition) is 0. The van der Waals surface area contributed by atoms with Crippen LogP contribution in [0.3, 0.4) is 0 Å². The molecule has 0 spiro atoms. The second kappa shape index (κ2) is 12.1. The van der Waals surface area contributed by atoms with Crippen LogP contribution in [0.1, 0.15) is 0 Å². The molecule has 0 bridgehead atoms. The molecule has 0 saturated carbocycles. The van der Waals surface area contributed by atoms with E-state index in [1.165, 1.54) is 0 Å². The summed E-state index contributed by atoms with van der Waals surface area (Å²) in [4.78, 5) is 0. The van der Waals surface area contributed by atoms with Gasteiger partial charge in [-0.25, -0.2) is 0 Å². The van der Waals surface area contributed by atoms with Crippen molar-refractivity contribution in [1.82, 2.24) is 0 Å². The van der Waals surface area contributed by atoms with Crippen LogP contribution in [0.4, 0.5) is 0 Å². The smallest absolute Gasteiger partial charge is 0 e. The second-order valence-electron chi connectivity index (χ2n) is 2.15. The molecule has 0 heterocycles. The molecule has 0 unspecified atom stereocenters. The van der Waals surface area contributed by atoms with Gasteiger partial charge in [-0.3, -0.25) is 0 Å². The largest absolute Gasteiger partial charge is 0.358 e. The van der Waals surface area contributed by atoms with Crippen LogP contribution in [0.2, 0.25) is 0 Å². The predicted octanol–water partition coefficient (Wildman–Crippen LogP) is 3.42. The fourth-order valence-corrected chi connectivity index (χ4v) is 0.684. The van der Waals surface area contributed by atoms with E-state index in [2.05, 4.69) is 12.1 Å². The zero-order chi connectivity index (χ0) is 8.49. The van der Waals surface area contributed by atoms with Crippen LogP contribution in [0.5, 0.6) is 0 Å². The van der Waals surface area contributed by atoms with Crippen LogP contribution in [0.15, 0.2) is 60.7 Å². The van der Waals surface area contributed by atoms with Crippen molar-refractivity contribution in [2.45, 2.75) is 0 Å². The first kappa shape index (κ1) is 15.5. The number of rotatable bonds is 0. The minimum atomic E-state index is 0. The molecule has 0 aliphatic rings. The van der Waals surface area contributed by atoms with E-state index >= 15 is 0 Å². The maximum Gasteiger partial charge on any atom is 0 e. The van der Waals surface area contributed by atoms with Gasteiger partial charge in [0.1, 0.15) is 0 Å². The van der Waals surface area contributed by atoms with E-state index in [1.54, 1.807) is 0 Å². The van der Waals surface area contributed by atoms with E-state index in [-0.39, 0.29) is 26.9 Å². The summed E-state index contributed by atoms with van der Waals surface area (Å²) in [7, 11) is 0. The third-order valence-corrected chi connectivity index (χ3v) is 1.21. The van der Waals surface area contributed by atoms with E-state index < -0.39 is 0 Å². The van der Waals surface area contributed by atoms with Crippen molar-refractivity contribution in [2.24, 2.45) is 0 Å². The minimum Gasteiger partial charge on any atom is -0.358 e. The summed E-state index contributed by atoms with van der Waals surface area (Å²) in [6, 6.07) is 25.0. The van der Waals surface area contributed by atoms with Gasteiger partial charge in [0.25, 0.3) is 0 Å². The third-order valence-electron chi connectivity index (χ3n) is 1.21. The monoisotopic (exact) mass is 233 g/mol. The molecular formula is C13H13Zn-3. The van der Waals surface area contributed by atoms with E-state index in [4.69, 9.17) is 0 Å². The summed E-state index contributed by atoms with van der Waals surface area (Å²) in [5.74, 6) is 0. The zero-order valence-corrected chi connectivity index (χ0v) is 11.4. The number of benzene rings is 2. The normalized spacial score (nSPS) is 6.86. The molecule has 0 aromatic heterocycles. The fourth-order valence-electron chi connectivity index (χ4n) is 0.684. The molecule has 2 aromatic rings. The Morgan fingerprint density at radius 3 is 0.857 bits per heavy atom. The molecule has 2 rings (SSSR count). The molecule has 1 heteroatoms. The first-order valence-corrected chi connectivity index (χ1v) is 3.82. The van der Waals surface area contributed by atoms with Crippen molar-refractivity contribution >= 4 is 0 Å². The molecule has 0 saturated heterocycles. The van der Waals surface area contributed by atoms with Gasteiger partial charge in [-0.15, -0.1) is 0 Å². The summed E-state index contributed by atoms with van der Waals surface area (Å²) in [5, 5.41) is 0. The Labute approximate surface area is 99.7 Å². The first-order chi connectivity index (χ1) is 6.00. The van der Waals surface area contributed by atoms with Gasteiger partial charge >= 0.3 is 0 Å². The topological polar surface area (TPSA) is 0 Å². The van der Waals surface area contributed by atoms with E-state index in [0.717, 1.165) is 0 Å². The third kappa shape index (κ3) is 9.15. The zero-order valence-electron chi connectivity index (χ0n) is 8.48. The maximum absolute atomic E-state index is 2.89. The Morgan fingerprint density at radius 2 is 0.786 bits per heavy atom. The predicted molar refractivity (Wildman–Crippen MR) is 57.0 cm³/mol. The van der Waals surface area contributed by atoms with Crippen molar-refractivity contribution < 1.29 is 19.5 Å². The molecule has 0 amide bonds. The molecule has 0 aliphatic carbocycles. The van der Waals surface area contributed by atoms with Crippen molar-refractivity contribution in [3.8, 4) is 0 Å². The van der Waals surface area contributed by atoms with Crippen molar-refractivity contribution in [2.75, 3.05) is 0 Å². The first-order valence-electron chi connectivity index (χ1n) is 3.82. The van der Waals surface area contributed by atoms with Gasteiger partial charge in [-0.2, -0.15) is 72.8 Å². The Bertz CT molecular complexity index is 181. The van der Waals surface area contributed by atoms with E-state index in [9.17, 15) is 0 Å². The minimum absolute atomic E-state index is 0. The Balaban J connectivity index is 0. The van der Waals surface area contributed by atoms with Crippen LogP contribution in [0, 0.1) is 19.6 Å². The Morgan fingerprint density at radius 1 is 0.500 bits per heavy atom. The van der Waals surface area contributed by atoms with Gasteiger partial charge in [0.05, 0.1) is 0 Å². The van der Waals surface area contributed by atoms with Gasteiger partial charge in [-0.1, -0.05) is 0 Å². The van der Waals surface area contributed by atoms with Gasteiger partial charge in [0, 0.05) is 19.5 Å². The molecule has 2 aromatic carbocycles. The SMILES string of the molecule is [CH3-].[Zn].[c-]1ccccc1.[c-]1ccccc1. The van der Waals surface area contributed by atoms with Gasteiger partial charge in [0.2, 0.25) is 0 Å². The average molecular weight is 235 g/mol. The van der Waals surface area contributed by atoms with Crippen molar-refractivity contribution in [3.05, 3.63) is 80.2 Å². The summed E-state index contributed by atoms with van der Waals surface area (Å²) in [6.45, 7) is 0. The van der Waals surface area contributed by atoms with Crippen LogP contribution < -0.4 is 0 Å². The maximum atomic E-state index is 2.89. The molecule has 0 aliphatic heterocycles. The standard InChI is InChI=1S/2C6H5.CH3.Zn/c2*1-2-4-6-5-3-1;;/h2*1-5H;1H3;/q3*-1;. The average Bonchev–Trinajstić information content (AvgIpc) is 2.24. The van der Waals surface area contributed by atoms with Crippen LogP contribution in [-0.2, 0) is 19.5 Å².